The molecule has 2 fully saturated rings. The Kier molecular flexibility index (Phi) is 4.96. The first kappa shape index (κ1) is 14.5. The highest BCUT2D eigenvalue weighted by molar-refractivity contribution is 7.99. The van der Waals surface area contributed by atoms with Gasteiger partial charge in [0.1, 0.15) is 6.04 Å². The highest BCUT2D eigenvalue weighted by Crippen LogP contribution is 2.24. The van der Waals surface area contributed by atoms with Gasteiger partial charge in [0.2, 0.25) is 0 Å². The first-order valence-electron chi connectivity index (χ1n) is 6.95. The number of thioether (sulfide) groups is 1. The summed E-state index contributed by atoms with van der Waals surface area (Å²) in [5.41, 5.74) is 0. The molecule has 1 N–H and O–H groups in total. The Hall–Kier alpha value is -0.910. The predicted molar refractivity (Wildman–Crippen MR) is 75.4 cm³/mol. The number of carboxylic acid groups (broad SMARTS) is 1. The minimum atomic E-state index is -0.871. The third-order valence-electron chi connectivity index (χ3n) is 3.89. The molecule has 2 aliphatic rings. The molecular formula is C13H22N2O3S. The van der Waals surface area contributed by atoms with Crippen LogP contribution in [0, 0.1) is 5.92 Å². The SMILES string of the molecule is CC1CCN(C(=O)N2CCCSCC2)C(C(=O)O)C1. The van der Waals surface area contributed by atoms with Gasteiger partial charge in [-0.3, -0.25) is 0 Å². The van der Waals surface area contributed by atoms with Gasteiger partial charge in [-0.2, -0.15) is 11.8 Å². The number of hydrogen-bond donors (Lipinski definition) is 1. The Balaban J connectivity index is 2.04. The molecule has 0 aromatic rings. The zero-order chi connectivity index (χ0) is 13.8. The van der Waals surface area contributed by atoms with Crippen molar-refractivity contribution in [1.82, 2.24) is 9.80 Å². The zero-order valence-corrected chi connectivity index (χ0v) is 12.2. The summed E-state index contributed by atoms with van der Waals surface area (Å²) in [7, 11) is 0. The van der Waals surface area contributed by atoms with Crippen LogP contribution >= 0.6 is 11.8 Å². The number of urea groups is 1. The molecule has 6 heteroatoms. The van der Waals surface area contributed by atoms with E-state index in [1.165, 1.54) is 0 Å². The Bertz CT molecular complexity index is 343. The largest absolute Gasteiger partial charge is 0.480 e. The molecule has 2 unspecified atom stereocenters. The van der Waals surface area contributed by atoms with Crippen molar-refractivity contribution in [1.29, 1.82) is 0 Å². The van der Waals surface area contributed by atoms with Crippen LogP contribution in [0.2, 0.25) is 0 Å². The van der Waals surface area contributed by atoms with Crippen LogP contribution in [0.1, 0.15) is 26.2 Å². The lowest BCUT2D eigenvalue weighted by molar-refractivity contribution is -0.144. The minimum Gasteiger partial charge on any atom is -0.480 e. The Morgan fingerprint density at radius 2 is 2.00 bits per heavy atom. The minimum absolute atomic E-state index is 0.0817. The van der Waals surface area contributed by atoms with E-state index < -0.39 is 12.0 Å². The van der Waals surface area contributed by atoms with Gasteiger partial charge in [0.25, 0.3) is 0 Å². The van der Waals surface area contributed by atoms with Crippen molar-refractivity contribution in [3.8, 4) is 0 Å². The van der Waals surface area contributed by atoms with Crippen molar-refractivity contribution in [3.05, 3.63) is 0 Å². The van der Waals surface area contributed by atoms with Crippen molar-refractivity contribution in [2.24, 2.45) is 5.92 Å². The molecule has 2 amide bonds. The van der Waals surface area contributed by atoms with Gasteiger partial charge in [0.15, 0.2) is 0 Å². The monoisotopic (exact) mass is 286 g/mol. The van der Waals surface area contributed by atoms with E-state index in [2.05, 4.69) is 6.92 Å². The van der Waals surface area contributed by atoms with Crippen LogP contribution in [-0.4, -0.2) is 64.1 Å². The van der Waals surface area contributed by atoms with Gasteiger partial charge >= 0.3 is 12.0 Å². The van der Waals surface area contributed by atoms with Crippen LogP contribution in [0.4, 0.5) is 4.79 Å². The normalized spacial score (nSPS) is 28.9. The molecule has 2 rings (SSSR count). The quantitative estimate of drug-likeness (QED) is 0.797. The summed E-state index contributed by atoms with van der Waals surface area (Å²) >= 11 is 1.86. The van der Waals surface area contributed by atoms with E-state index in [0.717, 1.165) is 37.4 Å². The summed E-state index contributed by atoms with van der Waals surface area (Å²) in [6.45, 7) is 4.12. The second-order valence-electron chi connectivity index (χ2n) is 5.41. The van der Waals surface area contributed by atoms with Crippen LogP contribution in [0.5, 0.6) is 0 Å². The standard InChI is InChI=1S/C13H22N2O3S/c1-10-3-5-15(11(9-10)12(16)17)13(18)14-4-2-7-19-8-6-14/h10-11H,2-9H2,1H3,(H,16,17). The second-order valence-corrected chi connectivity index (χ2v) is 6.64. The van der Waals surface area contributed by atoms with Crippen molar-refractivity contribution >= 4 is 23.8 Å². The number of carboxylic acids is 1. The molecule has 0 aromatic heterocycles. The maximum Gasteiger partial charge on any atom is 0.326 e. The first-order chi connectivity index (χ1) is 9.09. The first-order valence-corrected chi connectivity index (χ1v) is 8.11. The van der Waals surface area contributed by atoms with Crippen LogP contribution in [0.25, 0.3) is 0 Å². The molecule has 108 valence electrons. The highest BCUT2D eigenvalue weighted by Gasteiger charge is 2.36. The molecule has 2 aliphatic heterocycles. The maximum atomic E-state index is 12.5. The molecule has 0 aromatic carbocycles. The Labute approximate surface area is 118 Å². The number of likely N-dealkylation sites (tertiary alicyclic amines) is 1. The topological polar surface area (TPSA) is 60.9 Å². The lowest BCUT2D eigenvalue weighted by Gasteiger charge is -2.38. The number of carbonyl (C=O) groups excluding carboxylic acids is 1. The molecule has 0 bridgehead atoms. The van der Waals surface area contributed by atoms with Crippen LogP contribution in [0.15, 0.2) is 0 Å². The molecule has 2 saturated heterocycles. The molecule has 19 heavy (non-hydrogen) atoms. The predicted octanol–water partition coefficient (Wildman–Crippen LogP) is 1.73. The maximum absolute atomic E-state index is 12.5. The lowest BCUT2D eigenvalue weighted by Crippen LogP contribution is -2.54. The summed E-state index contributed by atoms with van der Waals surface area (Å²) in [5, 5.41) is 9.31. The van der Waals surface area contributed by atoms with Crippen molar-refractivity contribution in [2.45, 2.75) is 32.2 Å². The molecule has 2 atom stereocenters. The number of nitrogens with zero attached hydrogens (tertiary/aromatic N) is 2. The average Bonchev–Trinajstić information content (AvgIpc) is 2.66. The van der Waals surface area contributed by atoms with Crippen molar-refractivity contribution in [2.75, 3.05) is 31.1 Å². The summed E-state index contributed by atoms with van der Waals surface area (Å²) in [4.78, 5) is 27.2. The number of amides is 2. The molecule has 0 aliphatic carbocycles. The fourth-order valence-electron chi connectivity index (χ4n) is 2.72. The smallest absolute Gasteiger partial charge is 0.326 e. The van der Waals surface area contributed by atoms with E-state index in [4.69, 9.17) is 0 Å². The van der Waals surface area contributed by atoms with E-state index in [-0.39, 0.29) is 6.03 Å². The van der Waals surface area contributed by atoms with Crippen LogP contribution in [-0.2, 0) is 4.79 Å². The summed E-state index contributed by atoms with van der Waals surface area (Å²) in [6, 6.07) is -0.728. The third-order valence-corrected chi connectivity index (χ3v) is 4.94. The Morgan fingerprint density at radius 1 is 1.21 bits per heavy atom. The number of piperidine rings is 1. The number of aliphatic carboxylic acids is 1. The van der Waals surface area contributed by atoms with Gasteiger partial charge in [-0.25, -0.2) is 9.59 Å². The van der Waals surface area contributed by atoms with E-state index in [0.29, 0.717) is 18.9 Å². The van der Waals surface area contributed by atoms with Crippen LogP contribution < -0.4 is 0 Å². The lowest BCUT2D eigenvalue weighted by atomic mass is 9.92. The molecular weight excluding hydrogens is 264 g/mol. The Morgan fingerprint density at radius 3 is 2.74 bits per heavy atom. The second kappa shape index (κ2) is 6.50. The van der Waals surface area contributed by atoms with Crippen LogP contribution in [0.3, 0.4) is 0 Å². The van der Waals surface area contributed by atoms with E-state index in [9.17, 15) is 14.7 Å². The van der Waals surface area contributed by atoms with Gasteiger partial charge in [0.05, 0.1) is 0 Å². The van der Waals surface area contributed by atoms with Gasteiger partial charge in [0, 0.05) is 25.4 Å². The number of carbonyl (C=O) groups is 2. The third kappa shape index (κ3) is 3.55. The number of hydrogen-bond acceptors (Lipinski definition) is 3. The average molecular weight is 286 g/mol. The highest BCUT2D eigenvalue weighted by atomic mass is 32.2. The summed E-state index contributed by atoms with van der Waals surface area (Å²) < 4.78 is 0. The van der Waals surface area contributed by atoms with Gasteiger partial charge in [-0.05, 0) is 30.9 Å². The fraction of sp³-hybridized carbons (Fsp3) is 0.846. The molecule has 2 heterocycles. The summed E-state index contributed by atoms with van der Waals surface area (Å²) in [5.74, 6) is 1.55. The number of rotatable bonds is 1. The molecule has 0 spiro atoms. The fourth-order valence-corrected chi connectivity index (χ4v) is 3.61. The zero-order valence-electron chi connectivity index (χ0n) is 11.4. The van der Waals surface area contributed by atoms with E-state index >= 15 is 0 Å². The molecule has 5 nitrogen and oxygen atoms in total. The van der Waals surface area contributed by atoms with Gasteiger partial charge < -0.3 is 14.9 Å². The van der Waals surface area contributed by atoms with Crippen molar-refractivity contribution < 1.29 is 14.7 Å². The summed E-state index contributed by atoms with van der Waals surface area (Å²) in [6.07, 6.45) is 2.47. The molecule has 0 radical (unpaired) electrons. The molecule has 0 saturated carbocycles. The van der Waals surface area contributed by atoms with E-state index in [1.807, 2.05) is 16.7 Å². The van der Waals surface area contributed by atoms with Gasteiger partial charge in [-0.1, -0.05) is 6.92 Å². The van der Waals surface area contributed by atoms with Gasteiger partial charge in [-0.15, -0.1) is 0 Å². The van der Waals surface area contributed by atoms with E-state index in [1.54, 1.807) is 4.90 Å². The van der Waals surface area contributed by atoms with Crippen molar-refractivity contribution in [3.63, 3.8) is 0 Å².